The highest BCUT2D eigenvalue weighted by Crippen LogP contribution is 2.29. The van der Waals surface area contributed by atoms with Gasteiger partial charge in [-0.05, 0) is 21.6 Å². The molecule has 15 heavy (non-hydrogen) atoms. The summed E-state index contributed by atoms with van der Waals surface area (Å²) in [6.45, 7) is 3.26. The molecule has 0 aromatic heterocycles. The van der Waals surface area contributed by atoms with Crippen molar-refractivity contribution in [2.75, 3.05) is 6.61 Å². The van der Waals surface area contributed by atoms with Crippen molar-refractivity contribution < 1.29 is 29.6 Å². The second-order valence-electron chi connectivity index (χ2n) is 2.15. The molecule has 0 saturated heterocycles. The van der Waals surface area contributed by atoms with Crippen LogP contribution in [0, 0.1) is 0 Å². The summed E-state index contributed by atoms with van der Waals surface area (Å²) in [6.07, 6.45) is 1.33. The Morgan fingerprint density at radius 1 is 1.33 bits per heavy atom. The van der Waals surface area contributed by atoms with Gasteiger partial charge < -0.3 is 20.1 Å². The molecule has 2 atom stereocenters. The zero-order valence-electron chi connectivity index (χ0n) is 7.53. The molecule has 0 spiro atoms. The van der Waals surface area contributed by atoms with E-state index < -0.39 is 22.8 Å². The van der Waals surface area contributed by atoms with Crippen molar-refractivity contribution in [1.29, 1.82) is 0 Å². The summed E-state index contributed by atoms with van der Waals surface area (Å²) in [5.41, 5.74) is -3.24. The number of carboxylic acids is 1. The maximum Gasteiger partial charge on any atom is 0.346 e. The van der Waals surface area contributed by atoms with Crippen LogP contribution in [0.5, 0.6) is 0 Å². The quantitative estimate of drug-likeness (QED) is 0.249. The van der Waals surface area contributed by atoms with Crippen LogP contribution in [0.4, 0.5) is 0 Å². The van der Waals surface area contributed by atoms with Crippen LogP contribution in [0.1, 0.15) is 0 Å². The number of carboxylic acid groups (broad SMARTS) is 1. The number of aliphatic hydroxyl groups is 2. The van der Waals surface area contributed by atoms with Crippen molar-refractivity contribution in [3.05, 3.63) is 12.7 Å². The molecule has 0 radical (unpaired) electrons. The standard InChI is InChI=1S/C7H10O6S2/c1-2-3-13-5(10)7(12)15-14-6(11)4(8)9/h2,6-7,11-12H,1,3H2,(H,8,9). The summed E-state index contributed by atoms with van der Waals surface area (Å²) in [7, 11) is 0.954. The van der Waals surface area contributed by atoms with Crippen LogP contribution in [0.3, 0.4) is 0 Å². The van der Waals surface area contributed by atoms with Crippen LogP contribution in [0.2, 0.25) is 0 Å². The van der Waals surface area contributed by atoms with Crippen molar-refractivity contribution in [2.24, 2.45) is 0 Å². The Balaban J connectivity index is 3.82. The Morgan fingerprint density at radius 2 is 1.87 bits per heavy atom. The molecule has 0 fully saturated rings. The molecule has 0 aliphatic heterocycles. The molecule has 6 nitrogen and oxygen atoms in total. The fourth-order valence-electron chi connectivity index (χ4n) is 0.398. The lowest BCUT2D eigenvalue weighted by Crippen LogP contribution is -2.20. The van der Waals surface area contributed by atoms with Crippen LogP contribution in [0.15, 0.2) is 12.7 Å². The molecule has 0 amide bonds. The van der Waals surface area contributed by atoms with Gasteiger partial charge in [0, 0.05) is 0 Å². The number of esters is 1. The number of aliphatic carboxylic acids is 1. The first-order chi connectivity index (χ1) is 6.99. The van der Waals surface area contributed by atoms with Gasteiger partial charge in [-0.1, -0.05) is 12.7 Å². The highest BCUT2D eigenvalue weighted by molar-refractivity contribution is 8.77. The molecule has 86 valence electrons. The third-order valence-corrected chi connectivity index (χ3v) is 3.29. The maximum atomic E-state index is 10.9. The second-order valence-corrected chi connectivity index (χ2v) is 4.59. The van der Waals surface area contributed by atoms with Crippen LogP contribution in [0.25, 0.3) is 0 Å². The molecular formula is C7H10O6S2. The monoisotopic (exact) mass is 254 g/mol. The Bertz CT molecular complexity index is 244. The van der Waals surface area contributed by atoms with E-state index in [1.54, 1.807) is 0 Å². The lowest BCUT2D eigenvalue weighted by atomic mass is 10.6. The van der Waals surface area contributed by atoms with Crippen molar-refractivity contribution in [1.82, 2.24) is 0 Å². The zero-order valence-corrected chi connectivity index (χ0v) is 9.16. The predicted molar refractivity (Wildman–Crippen MR) is 56.0 cm³/mol. The van der Waals surface area contributed by atoms with E-state index >= 15 is 0 Å². The number of hydrogen-bond donors (Lipinski definition) is 3. The topological polar surface area (TPSA) is 104 Å². The Kier molecular flexibility index (Phi) is 7.22. The number of carbonyl (C=O) groups is 2. The molecule has 3 N–H and O–H groups in total. The van der Waals surface area contributed by atoms with E-state index in [0.29, 0.717) is 21.6 Å². The number of ether oxygens (including phenoxy) is 1. The molecule has 8 heteroatoms. The lowest BCUT2D eigenvalue weighted by molar-refractivity contribution is -0.147. The molecule has 0 heterocycles. The maximum absolute atomic E-state index is 10.9. The van der Waals surface area contributed by atoms with Crippen molar-refractivity contribution in [3.8, 4) is 0 Å². The average molecular weight is 254 g/mol. The van der Waals surface area contributed by atoms with Gasteiger partial charge in [0.1, 0.15) is 6.61 Å². The molecule has 0 aliphatic rings. The van der Waals surface area contributed by atoms with E-state index in [2.05, 4.69) is 11.3 Å². The predicted octanol–water partition coefficient (Wildman–Crippen LogP) is -0.182. The third-order valence-electron chi connectivity index (χ3n) is 0.994. The van der Waals surface area contributed by atoms with Gasteiger partial charge in [0.2, 0.25) is 10.9 Å². The van der Waals surface area contributed by atoms with Gasteiger partial charge in [0.25, 0.3) is 0 Å². The number of hydrogen-bond acceptors (Lipinski definition) is 7. The van der Waals surface area contributed by atoms with E-state index in [-0.39, 0.29) is 6.61 Å². The normalized spacial score (nSPS) is 14.0. The smallest absolute Gasteiger partial charge is 0.346 e. The molecule has 0 rings (SSSR count). The van der Waals surface area contributed by atoms with Crippen LogP contribution < -0.4 is 0 Å². The molecule has 0 aromatic rings. The van der Waals surface area contributed by atoms with Crippen molar-refractivity contribution in [3.63, 3.8) is 0 Å². The van der Waals surface area contributed by atoms with Crippen LogP contribution in [-0.2, 0) is 14.3 Å². The largest absolute Gasteiger partial charge is 0.479 e. The van der Waals surface area contributed by atoms with E-state index in [9.17, 15) is 9.59 Å². The van der Waals surface area contributed by atoms with Crippen LogP contribution in [-0.4, -0.2) is 44.7 Å². The summed E-state index contributed by atoms with van der Waals surface area (Å²) in [4.78, 5) is 21.1. The first kappa shape index (κ1) is 14.3. The highest BCUT2D eigenvalue weighted by Gasteiger charge is 2.22. The van der Waals surface area contributed by atoms with E-state index in [1.807, 2.05) is 0 Å². The SMILES string of the molecule is C=CCOC(=O)C(O)SSC(O)C(=O)O. The van der Waals surface area contributed by atoms with E-state index in [0.717, 1.165) is 0 Å². The second kappa shape index (κ2) is 7.57. The first-order valence-corrected chi connectivity index (χ1v) is 5.95. The first-order valence-electron chi connectivity index (χ1n) is 3.67. The Morgan fingerprint density at radius 3 is 2.33 bits per heavy atom. The minimum absolute atomic E-state index is 0.0391. The lowest BCUT2D eigenvalue weighted by Gasteiger charge is -2.09. The highest BCUT2D eigenvalue weighted by atomic mass is 33.1. The summed E-state index contributed by atoms with van der Waals surface area (Å²) in [6, 6.07) is 0. The zero-order chi connectivity index (χ0) is 11.8. The van der Waals surface area contributed by atoms with Gasteiger partial charge in [0.15, 0.2) is 0 Å². The molecule has 0 bridgehead atoms. The van der Waals surface area contributed by atoms with Gasteiger partial charge >= 0.3 is 11.9 Å². The number of rotatable bonds is 7. The minimum atomic E-state index is -1.70. The molecule has 0 aliphatic carbocycles. The number of aliphatic hydroxyl groups excluding tert-OH is 2. The van der Waals surface area contributed by atoms with Gasteiger partial charge in [-0.2, -0.15) is 0 Å². The van der Waals surface area contributed by atoms with Crippen LogP contribution >= 0.6 is 21.6 Å². The average Bonchev–Trinajstić information content (AvgIpc) is 2.21. The van der Waals surface area contributed by atoms with Gasteiger partial charge in [0.05, 0.1) is 0 Å². The fraction of sp³-hybridized carbons (Fsp3) is 0.429. The molecular weight excluding hydrogens is 244 g/mol. The van der Waals surface area contributed by atoms with E-state index in [4.69, 9.17) is 15.3 Å². The van der Waals surface area contributed by atoms with Gasteiger partial charge in [-0.3, -0.25) is 0 Å². The molecule has 0 saturated carbocycles. The van der Waals surface area contributed by atoms with Crippen molar-refractivity contribution in [2.45, 2.75) is 10.9 Å². The fourth-order valence-corrected chi connectivity index (χ4v) is 1.95. The van der Waals surface area contributed by atoms with E-state index in [1.165, 1.54) is 6.08 Å². The minimum Gasteiger partial charge on any atom is -0.479 e. The van der Waals surface area contributed by atoms with Crippen molar-refractivity contribution >= 4 is 33.5 Å². The van der Waals surface area contributed by atoms with Gasteiger partial charge in [-0.25, -0.2) is 9.59 Å². The van der Waals surface area contributed by atoms with Gasteiger partial charge in [-0.15, -0.1) is 0 Å². The summed E-state index contributed by atoms with van der Waals surface area (Å²) in [5.74, 6) is -2.36. The number of carbonyl (C=O) groups excluding carboxylic acids is 1. The molecule has 2 unspecified atom stereocenters. The Hall–Kier alpha value is -0.700. The third kappa shape index (κ3) is 6.39. The summed E-state index contributed by atoms with van der Waals surface area (Å²) in [5, 5.41) is 26.2. The summed E-state index contributed by atoms with van der Waals surface area (Å²) >= 11 is 0. The Labute approximate surface area is 93.7 Å². The summed E-state index contributed by atoms with van der Waals surface area (Å²) < 4.78 is 4.48. The molecule has 0 aromatic carbocycles.